The fraction of sp³-hybridized carbons (Fsp3) is 0. The average molecular weight is 135 g/mol. The van der Waals surface area contributed by atoms with Crippen molar-refractivity contribution in [2.45, 2.75) is 0 Å². The molecule has 5 heteroatoms. The lowest BCUT2D eigenvalue weighted by molar-refractivity contribution is 1.08. The zero-order valence-corrected chi connectivity index (χ0v) is 5.05. The number of aromatic nitrogens is 2. The lowest BCUT2D eigenvalue weighted by Gasteiger charge is -1.83. The van der Waals surface area contributed by atoms with Crippen molar-refractivity contribution in [1.29, 1.82) is 5.41 Å². The van der Waals surface area contributed by atoms with E-state index in [9.17, 15) is 0 Å². The smallest absolute Gasteiger partial charge is 0.158 e. The number of aromatic amines is 1. The van der Waals surface area contributed by atoms with Gasteiger partial charge in [-0.25, -0.2) is 4.99 Å². The molecular formula is C5H5N5. The minimum atomic E-state index is 0.182. The molecule has 0 bridgehead atoms. The molecule has 0 amide bonds. The van der Waals surface area contributed by atoms with Crippen molar-refractivity contribution in [3.63, 3.8) is 0 Å². The first-order chi connectivity index (χ1) is 4.79. The highest BCUT2D eigenvalue weighted by Gasteiger charge is 2.19. The Bertz CT molecular complexity index is 321. The normalized spacial score (nSPS) is 15.2. The molecule has 2 rings (SSSR count). The molecule has 0 aliphatic carbocycles. The molecule has 1 aliphatic heterocycles. The van der Waals surface area contributed by atoms with E-state index < -0.39 is 0 Å². The summed E-state index contributed by atoms with van der Waals surface area (Å²) in [6.07, 6.45) is 1.54. The van der Waals surface area contributed by atoms with Gasteiger partial charge in [-0.05, 0) is 0 Å². The maximum atomic E-state index is 7.25. The van der Waals surface area contributed by atoms with Gasteiger partial charge >= 0.3 is 0 Å². The van der Waals surface area contributed by atoms with E-state index in [1.165, 1.54) is 0 Å². The van der Waals surface area contributed by atoms with Gasteiger partial charge in [-0.3, -0.25) is 10.5 Å². The maximum absolute atomic E-state index is 7.25. The van der Waals surface area contributed by atoms with E-state index in [2.05, 4.69) is 15.2 Å². The molecule has 0 aromatic carbocycles. The number of aliphatic imine (C=N–C) groups is 1. The Balaban J connectivity index is 2.72. The second kappa shape index (κ2) is 1.44. The number of hydrogen-bond donors (Lipinski definition) is 3. The van der Waals surface area contributed by atoms with E-state index in [-0.39, 0.29) is 5.84 Å². The summed E-state index contributed by atoms with van der Waals surface area (Å²) in [6.45, 7) is 0. The number of rotatable bonds is 0. The zero-order valence-electron chi connectivity index (χ0n) is 5.05. The van der Waals surface area contributed by atoms with Crippen LogP contribution in [0.25, 0.3) is 0 Å². The lowest BCUT2D eigenvalue weighted by atomic mass is 10.3. The van der Waals surface area contributed by atoms with Gasteiger partial charge in [-0.15, -0.1) is 0 Å². The van der Waals surface area contributed by atoms with E-state index in [0.717, 1.165) is 0 Å². The Morgan fingerprint density at radius 1 is 1.60 bits per heavy atom. The quantitative estimate of drug-likeness (QED) is 0.445. The third kappa shape index (κ3) is 0.439. The largest absolute Gasteiger partial charge is 0.382 e. The lowest BCUT2D eigenvalue weighted by Crippen LogP contribution is -2.10. The summed E-state index contributed by atoms with van der Waals surface area (Å²) in [6, 6.07) is 0. The molecule has 0 atom stereocenters. The Kier molecular flexibility index (Phi) is 0.743. The molecule has 0 saturated carbocycles. The van der Waals surface area contributed by atoms with Gasteiger partial charge in [0.05, 0.1) is 11.8 Å². The number of H-pyrrole nitrogens is 1. The molecule has 1 aromatic heterocycles. The van der Waals surface area contributed by atoms with E-state index in [0.29, 0.717) is 17.1 Å². The molecule has 5 nitrogen and oxygen atoms in total. The van der Waals surface area contributed by atoms with Crippen LogP contribution in [-0.2, 0) is 0 Å². The van der Waals surface area contributed by atoms with Gasteiger partial charge in [-0.1, -0.05) is 0 Å². The van der Waals surface area contributed by atoms with Crippen molar-refractivity contribution in [2.75, 3.05) is 0 Å². The Morgan fingerprint density at radius 3 is 3.10 bits per heavy atom. The Labute approximate surface area is 56.5 Å². The van der Waals surface area contributed by atoms with Crippen LogP contribution in [0.4, 0.5) is 0 Å². The van der Waals surface area contributed by atoms with Gasteiger partial charge in [0, 0.05) is 0 Å². The highest BCUT2D eigenvalue weighted by atomic mass is 15.1. The second-order valence-corrected chi connectivity index (χ2v) is 2.00. The monoisotopic (exact) mass is 135 g/mol. The number of hydrogen-bond acceptors (Lipinski definition) is 3. The molecule has 0 spiro atoms. The van der Waals surface area contributed by atoms with E-state index in [1.807, 2.05) is 0 Å². The number of nitrogens with one attached hydrogen (secondary N) is 2. The average Bonchev–Trinajstić information content (AvgIpc) is 2.39. The zero-order chi connectivity index (χ0) is 7.14. The van der Waals surface area contributed by atoms with Crippen LogP contribution in [0.15, 0.2) is 11.2 Å². The van der Waals surface area contributed by atoms with Gasteiger partial charge in [0.25, 0.3) is 0 Å². The van der Waals surface area contributed by atoms with Crippen molar-refractivity contribution in [3.05, 3.63) is 17.5 Å². The van der Waals surface area contributed by atoms with Crippen molar-refractivity contribution >= 4 is 11.7 Å². The van der Waals surface area contributed by atoms with Crippen LogP contribution in [0.1, 0.15) is 11.3 Å². The van der Waals surface area contributed by atoms with Gasteiger partial charge < -0.3 is 5.73 Å². The molecule has 50 valence electrons. The van der Waals surface area contributed by atoms with Crippen molar-refractivity contribution in [3.8, 4) is 0 Å². The predicted octanol–water partition coefficient (Wildman–Crippen LogP) is -0.546. The fourth-order valence-electron chi connectivity index (χ4n) is 0.898. The van der Waals surface area contributed by atoms with Crippen LogP contribution in [0.3, 0.4) is 0 Å². The van der Waals surface area contributed by atoms with Gasteiger partial charge in [0.15, 0.2) is 11.7 Å². The molecule has 0 unspecified atom stereocenters. The molecule has 0 radical (unpaired) electrons. The van der Waals surface area contributed by atoms with Crippen molar-refractivity contribution < 1.29 is 0 Å². The van der Waals surface area contributed by atoms with Crippen LogP contribution in [0, 0.1) is 5.41 Å². The summed E-state index contributed by atoms with van der Waals surface area (Å²) in [4.78, 5) is 3.72. The first-order valence-electron chi connectivity index (χ1n) is 2.76. The molecule has 1 aromatic rings. The van der Waals surface area contributed by atoms with Crippen LogP contribution in [-0.4, -0.2) is 21.9 Å². The second-order valence-electron chi connectivity index (χ2n) is 2.00. The molecule has 4 N–H and O–H groups in total. The SMILES string of the molecule is N=C1N=C(N)c2[nH]ncc21. The van der Waals surface area contributed by atoms with Gasteiger partial charge in [0.2, 0.25) is 0 Å². The standard InChI is InChI=1S/C5H5N5/c6-4-2-1-8-10-3(2)5(7)9-4/h1H,(H,8,10)(H3,6,7,9). The Morgan fingerprint density at radius 2 is 2.40 bits per heavy atom. The van der Waals surface area contributed by atoms with Crippen LogP contribution >= 0.6 is 0 Å². The highest BCUT2D eigenvalue weighted by molar-refractivity contribution is 6.19. The van der Waals surface area contributed by atoms with E-state index in [1.54, 1.807) is 6.20 Å². The molecule has 0 saturated heterocycles. The Hall–Kier alpha value is -1.65. The maximum Gasteiger partial charge on any atom is 0.158 e. The van der Waals surface area contributed by atoms with Crippen LogP contribution < -0.4 is 5.73 Å². The molecule has 0 fully saturated rings. The fourth-order valence-corrected chi connectivity index (χ4v) is 0.898. The summed E-state index contributed by atoms with van der Waals surface area (Å²) >= 11 is 0. The number of fused-ring (bicyclic) bond motifs is 1. The first-order valence-corrected chi connectivity index (χ1v) is 2.76. The van der Waals surface area contributed by atoms with Crippen molar-refractivity contribution in [1.82, 2.24) is 10.2 Å². The molecule has 10 heavy (non-hydrogen) atoms. The third-order valence-electron chi connectivity index (χ3n) is 1.38. The van der Waals surface area contributed by atoms with E-state index in [4.69, 9.17) is 11.1 Å². The third-order valence-corrected chi connectivity index (χ3v) is 1.38. The first kappa shape index (κ1) is 5.16. The minimum absolute atomic E-state index is 0.182. The topological polar surface area (TPSA) is 90.9 Å². The van der Waals surface area contributed by atoms with Crippen molar-refractivity contribution in [2.24, 2.45) is 10.7 Å². The number of nitrogens with two attached hydrogens (primary N) is 1. The van der Waals surface area contributed by atoms with Crippen LogP contribution in [0.2, 0.25) is 0 Å². The van der Waals surface area contributed by atoms with E-state index >= 15 is 0 Å². The molecular weight excluding hydrogens is 130 g/mol. The van der Waals surface area contributed by atoms with Gasteiger partial charge in [-0.2, -0.15) is 5.10 Å². The number of amidine groups is 2. The number of nitrogens with zero attached hydrogens (tertiary/aromatic N) is 2. The predicted molar refractivity (Wildman–Crippen MR) is 36.1 cm³/mol. The molecule has 2 heterocycles. The molecule has 1 aliphatic rings. The summed E-state index contributed by atoms with van der Waals surface area (Å²) in [5, 5.41) is 13.6. The minimum Gasteiger partial charge on any atom is -0.382 e. The van der Waals surface area contributed by atoms with Gasteiger partial charge in [0.1, 0.15) is 5.69 Å². The summed E-state index contributed by atoms with van der Waals surface area (Å²) in [5.74, 6) is 0.527. The van der Waals surface area contributed by atoms with Crippen LogP contribution in [0.5, 0.6) is 0 Å². The summed E-state index contributed by atoms with van der Waals surface area (Å²) < 4.78 is 0. The summed E-state index contributed by atoms with van der Waals surface area (Å²) in [5.41, 5.74) is 6.75. The highest BCUT2D eigenvalue weighted by Crippen LogP contribution is 2.12. The summed E-state index contributed by atoms with van der Waals surface area (Å²) in [7, 11) is 0.